The summed E-state index contributed by atoms with van der Waals surface area (Å²) in [5.74, 6) is 2.47. The first-order chi connectivity index (χ1) is 11.7. The molecule has 3 fully saturated rings. The van der Waals surface area contributed by atoms with E-state index in [1.54, 1.807) is 12.5 Å². The summed E-state index contributed by atoms with van der Waals surface area (Å²) in [5.41, 5.74) is 1.32. The Morgan fingerprint density at radius 2 is 2.04 bits per heavy atom. The first-order valence-corrected chi connectivity index (χ1v) is 10.9. The van der Waals surface area contributed by atoms with Gasteiger partial charge in [-0.3, -0.25) is 0 Å². The number of furan rings is 1. The minimum absolute atomic E-state index is 0.412. The van der Waals surface area contributed by atoms with Crippen molar-refractivity contribution < 1.29 is 8.63 Å². The van der Waals surface area contributed by atoms with E-state index in [-0.39, 0.29) is 0 Å². The quantitative estimate of drug-likeness (QED) is 0.776. The van der Waals surface area contributed by atoms with Crippen molar-refractivity contribution in [3.05, 3.63) is 24.2 Å². The molecule has 3 heterocycles. The molecule has 1 aliphatic carbocycles. The van der Waals surface area contributed by atoms with Gasteiger partial charge in [0.2, 0.25) is 0 Å². The minimum Gasteiger partial charge on any atom is -0.472 e. The molecule has 0 radical (unpaired) electrons. The van der Waals surface area contributed by atoms with Gasteiger partial charge in [0, 0.05) is 24.8 Å². The van der Waals surface area contributed by atoms with E-state index in [0.717, 1.165) is 19.5 Å². The summed E-state index contributed by atoms with van der Waals surface area (Å²) in [6.45, 7) is 2.10. The summed E-state index contributed by atoms with van der Waals surface area (Å²) in [6.07, 6.45) is 12.1. The van der Waals surface area contributed by atoms with Gasteiger partial charge < -0.3 is 15.1 Å². The Morgan fingerprint density at radius 1 is 1.21 bits per heavy atom. The van der Waals surface area contributed by atoms with E-state index < -0.39 is 11.0 Å². The van der Waals surface area contributed by atoms with E-state index in [1.165, 1.54) is 31.2 Å². The second-order valence-corrected chi connectivity index (χ2v) is 8.89. The molecule has 3 N–H and O–H groups in total. The third-order valence-electron chi connectivity index (χ3n) is 6.39. The second kappa shape index (κ2) is 7.28. The summed E-state index contributed by atoms with van der Waals surface area (Å²) < 4.78 is 20.4. The SMILES string of the molecule is CS(=O)NC1CCCCC1C1CNC2NCC(c3ccoc3)C2C1. The summed E-state index contributed by atoms with van der Waals surface area (Å²) in [4.78, 5) is 0. The predicted octanol–water partition coefficient (Wildman–Crippen LogP) is 1.96. The molecule has 4 rings (SSSR count). The maximum atomic E-state index is 11.7. The number of fused-ring (bicyclic) bond motifs is 1. The fourth-order valence-corrected chi connectivity index (χ4v) is 6.00. The average Bonchev–Trinajstić information content (AvgIpc) is 3.23. The zero-order chi connectivity index (χ0) is 16.5. The van der Waals surface area contributed by atoms with Crippen molar-refractivity contribution in [3.8, 4) is 0 Å². The molecule has 134 valence electrons. The number of piperidine rings is 1. The number of hydrogen-bond donors (Lipinski definition) is 3. The van der Waals surface area contributed by atoms with Crippen LogP contribution in [0.4, 0.5) is 0 Å². The highest BCUT2D eigenvalue weighted by molar-refractivity contribution is 7.82. The van der Waals surface area contributed by atoms with E-state index in [4.69, 9.17) is 4.42 Å². The van der Waals surface area contributed by atoms with Crippen LogP contribution in [0, 0.1) is 17.8 Å². The van der Waals surface area contributed by atoms with Crippen LogP contribution in [0.5, 0.6) is 0 Å². The lowest BCUT2D eigenvalue weighted by molar-refractivity contribution is 0.123. The third kappa shape index (κ3) is 3.34. The molecule has 7 unspecified atom stereocenters. The Morgan fingerprint density at radius 3 is 2.83 bits per heavy atom. The van der Waals surface area contributed by atoms with Crippen LogP contribution in [0.3, 0.4) is 0 Å². The molecule has 5 nitrogen and oxygen atoms in total. The number of hydrogen-bond acceptors (Lipinski definition) is 4. The van der Waals surface area contributed by atoms with Crippen molar-refractivity contribution in [2.24, 2.45) is 17.8 Å². The standard InChI is InChI=1S/C18H29N3O2S/c1-24(22)21-17-5-3-2-4-14(17)13-8-15-16(12-6-7-23-11-12)10-20-18(15)19-9-13/h6-7,11,13-21H,2-5,8-10H2,1H3. The molecule has 2 saturated heterocycles. The van der Waals surface area contributed by atoms with Gasteiger partial charge in [0.05, 0.1) is 29.7 Å². The fourth-order valence-electron chi connectivity index (χ4n) is 5.28. The monoisotopic (exact) mass is 351 g/mol. The van der Waals surface area contributed by atoms with Crippen molar-refractivity contribution in [1.82, 2.24) is 15.4 Å². The Balaban J connectivity index is 1.47. The van der Waals surface area contributed by atoms with Crippen molar-refractivity contribution in [2.75, 3.05) is 19.3 Å². The largest absolute Gasteiger partial charge is 0.472 e. The highest BCUT2D eigenvalue weighted by atomic mass is 32.2. The molecule has 1 saturated carbocycles. The van der Waals surface area contributed by atoms with Gasteiger partial charge in [-0.25, -0.2) is 8.93 Å². The van der Waals surface area contributed by atoms with Gasteiger partial charge in [0.15, 0.2) is 0 Å². The molecule has 0 amide bonds. The van der Waals surface area contributed by atoms with Gasteiger partial charge in [0.25, 0.3) is 0 Å². The maximum absolute atomic E-state index is 11.7. The molecular formula is C18H29N3O2S. The van der Waals surface area contributed by atoms with Crippen molar-refractivity contribution in [3.63, 3.8) is 0 Å². The first-order valence-electron chi connectivity index (χ1n) is 9.31. The molecule has 3 aliphatic rings. The van der Waals surface area contributed by atoms with Gasteiger partial charge in [-0.15, -0.1) is 0 Å². The van der Waals surface area contributed by atoms with Gasteiger partial charge in [-0.05, 0) is 55.2 Å². The Bertz CT molecular complexity index is 565. The van der Waals surface area contributed by atoms with Crippen LogP contribution in [0.2, 0.25) is 0 Å². The highest BCUT2D eigenvalue weighted by Gasteiger charge is 2.44. The van der Waals surface area contributed by atoms with Crippen LogP contribution >= 0.6 is 0 Å². The second-order valence-electron chi connectivity index (χ2n) is 7.74. The van der Waals surface area contributed by atoms with Crippen LogP contribution in [0.15, 0.2) is 23.0 Å². The molecule has 2 aliphatic heterocycles. The Labute approximate surface area is 146 Å². The minimum atomic E-state index is -0.920. The normalized spacial score (nSPS) is 41.0. The summed E-state index contributed by atoms with van der Waals surface area (Å²) in [7, 11) is -0.920. The molecular weight excluding hydrogens is 322 g/mol. The van der Waals surface area contributed by atoms with E-state index in [0.29, 0.717) is 35.9 Å². The van der Waals surface area contributed by atoms with E-state index in [2.05, 4.69) is 21.4 Å². The first kappa shape index (κ1) is 16.8. The zero-order valence-corrected chi connectivity index (χ0v) is 15.2. The van der Waals surface area contributed by atoms with E-state index >= 15 is 0 Å². The van der Waals surface area contributed by atoms with Gasteiger partial charge in [-0.1, -0.05) is 12.8 Å². The third-order valence-corrected chi connectivity index (χ3v) is 7.03. The molecule has 1 aromatic rings. The zero-order valence-electron chi connectivity index (χ0n) is 14.4. The predicted molar refractivity (Wildman–Crippen MR) is 95.8 cm³/mol. The summed E-state index contributed by atoms with van der Waals surface area (Å²) >= 11 is 0. The smallest absolute Gasteiger partial charge is 0.0937 e. The van der Waals surface area contributed by atoms with Gasteiger partial charge >= 0.3 is 0 Å². The maximum Gasteiger partial charge on any atom is 0.0937 e. The van der Waals surface area contributed by atoms with Crippen LogP contribution in [-0.2, 0) is 11.0 Å². The van der Waals surface area contributed by atoms with Gasteiger partial charge in [0.1, 0.15) is 0 Å². The lowest BCUT2D eigenvalue weighted by Crippen LogP contribution is -2.53. The van der Waals surface area contributed by atoms with Crippen LogP contribution < -0.4 is 15.4 Å². The molecule has 7 atom stereocenters. The van der Waals surface area contributed by atoms with Crippen LogP contribution in [0.1, 0.15) is 43.6 Å². The van der Waals surface area contributed by atoms with Crippen molar-refractivity contribution >= 4 is 11.0 Å². The highest BCUT2D eigenvalue weighted by Crippen LogP contribution is 2.42. The van der Waals surface area contributed by atoms with E-state index in [1.807, 2.05) is 6.26 Å². The van der Waals surface area contributed by atoms with E-state index in [9.17, 15) is 4.21 Å². The average molecular weight is 352 g/mol. The fraction of sp³-hybridized carbons (Fsp3) is 0.778. The molecule has 6 heteroatoms. The van der Waals surface area contributed by atoms with Gasteiger partial charge in [-0.2, -0.15) is 0 Å². The summed E-state index contributed by atoms with van der Waals surface area (Å²) in [5, 5.41) is 7.40. The number of nitrogens with one attached hydrogen (secondary N) is 3. The lowest BCUT2D eigenvalue weighted by atomic mass is 9.70. The van der Waals surface area contributed by atoms with Crippen molar-refractivity contribution in [1.29, 1.82) is 0 Å². The topological polar surface area (TPSA) is 66.3 Å². The molecule has 0 bridgehead atoms. The van der Waals surface area contributed by atoms with Crippen molar-refractivity contribution in [2.45, 2.75) is 50.2 Å². The Hall–Kier alpha value is -0.690. The number of rotatable bonds is 4. The van der Waals surface area contributed by atoms with Crippen LogP contribution in [-0.4, -0.2) is 35.8 Å². The van der Waals surface area contributed by atoms with Crippen LogP contribution in [0.25, 0.3) is 0 Å². The molecule has 0 aromatic carbocycles. The molecule has 1 aromatic heterocycles. The lowest BCUT2D eigenvalue weighted by Gasteiger charge is -2.43. The Kier molecular flexibility index (Phi) is 5.08. The summed E-state index contributed by atoms with van der Waals surface area (Å²) in [6, 6.07) is 2.53. The molecule has 0 spiro atoms. The molecule has 24 heavy (non-hydrogen) atoms.